The summed E-state index contributed by atoms with van der Waals surface area (Å²) in [5, 5.41) is 3.86. The fourth-order valence-corrected chi connectivity index (χ4v) is 3.35. The third-order valence-electron chi connectivity index (χ3n) is 4.42. The van der Waals surface area contributed by atoms with Gasteiger partial charge in [0.15, 0.2) is 5.69 Å². The third-order valence-corrected chi connectivity index (χ3v) is 4.42. The van der Waals surface area contributed by atoms with Gasteiger partial charge in [-0.2, -0.15) is 18.3 Å². The van der Waals surface area contributed by atoms with Crippen molar-refractivity contribution in [3.05, 3.63) is 59.4 Å². The zero-order valence-electron chi connectivity index (χ0n) is 13.1. The largest absolute Gasteiger partial charge is 0.464 e. The summed E-state index contributed by atoms with van der Waals surface area (Å²) in [6, 6.07) is 7.18. The molecule has 3 aromatic rings. The summed E-state index contributed by atoms with van der Waals surface area (Å²) in [7, 11) is 0. The number of fused-ring (bicyclic) bond motifs is 1. The van der Waals surface area contributed by atoms with Crippen molar-refractivity contribution in [1.29, 1.82) is 0 Å². The van der Waals surface area contributed by atoms with Gasteiger partial charge in [-0.05, 0) is 56.0 Å². The minimum absolute atomic E-state index is 0.244. The molecular formula is C18H14F4N2O. The number of rotatable bonds is 2. The molecule has 3 nitrogen and oxygen atoms in total. The topological polar surface area (TPSA) is 31.0 Å². The number of benzene rings is 1. The molecule has 0 saturated heterocycles. The van der Waals surface area contributed by atoms with E-state index in [1.54, 1.807) is 12.1 Å². The SMILES string of the molecule is Fc1ccc(-n2nc(C(F)(F)F)c3c2CCCC3)c(-c2ccco2)c1. The van der Waals surface area contributed by atoms with Crippen LogP contribution < -0.4 is 0 Å². The van der Waals surface area contributed by atoms with E-state index in [0.717, 1.165) is 6.42 Å². The Labute approximate surface area is 140 Å². The van der Waals surface area contributed by atoms with E-state index < -0.39 is 17.7 Å². The molecule has 0 fully saturated rings. The van der Waals surface area contributed by atoms with Crippen LogP contribution in [0.3, 0.4) is 0 Å². The Bertz CT molecular complexity index is 910. The van der Waals surface area contributed by atoms with Crippen LogP contribution in [-0.4, -0.2) is 9.78 Å². The third kappa shape index (κ3) is 2.73. The number of nitrogens with zero attached hydrogens (tertiary/aromatic N) is 2. The fourth-order valence-electron chi connectivity index (χ4n) is 3.35. The maximum atomic E-state index is 13.7. The molecule has 2 aromatic heterocycles. The van der Waals surface area contributed by atoms with E-state index in [4.69, 9.17) is 4.42 Å². The van der Waals surface area contributed by atoms with Gasteiger partial charge in [-0.3, -0.25) is 0 Å². The lowest BCUT2D eigenvalue weighted by atomic mass is 9.95. The summed E-state index contributed by atoms with van der Waals surface area (Å²) >= 11 is 0. The van der Waals surface area contributed by atoms with Crippen molar-refractivity contribution in [3.8, 4) is 17.0 Å². The summed E-state index contributed by atoms with van der Waals surface area (Å²) in [6.45, 7) is 0. The van der Waals surface area contributed by atoms with Crippen LogP contribution >= 0.6 is 0 Å². The van der Waals surface area contributed by atoms with E-state index in [9.17, 15) is 17.6 Å². The maximum absolute atomic E-state index is 13.7. The monoisotopic (exact) mass is 350 g/mol. The Morgan fingerprint density at radius 3 is 2.60 bits per heavy atom. The average molecular weight is 350 g/mol. The number of hydrogen-bond acceptors (Lipinski definition) is 2. The molecule has 1 aliphatic rings. The molecule has 0 unspecified atom stereocenters. The summed E-state index contributed by atoms with van der Waals surface area (Å²) in [5.41, 5.74) is 0.683. The second-order valence-electron chi connectivity index (χ2n) is 6.03. The van der Waals surface area contributed by atoms with Gasteiger partial charge in [0.2, 0.25) is 0 Å². The number of furan rings is 1. The van der Waals surface area contributed by atoms with Crippen LogP contribution in [-0.2, 0) is 19.0 Å². The molecule has 0 radical (unpaired) electrons. The van der Waals surface area contributed by atoms with Crippen LogP contribution in [0.1, 0.15) is 29.8 Å². The maximum Gasteiger partial charge on any atom is 0.435 e. The van der Waals surface area contributed by atoms with Gasteiger partial charge in [-0.15, -0.1) is 0 Å². The summed E-state index contributed by atoms with van der Waals surface area (Å²) < 4.78 is 60.5. The first-order chi connectivity index (χ1) is 11.9. The Morgan fingerprint density at radius 1 is 1.08 bits per heavy atom. The zero-order valence-corrected chi connectivity index (χ0v) is 13.1. The van der Waals surface area contributed by atoms with Gasteiger partial charge >= 0.3 is 6.18 Å². The minimum atomic E-state index is -4.52. The van der Waals surface area contributed by atoms with Gasteiger partial charge in [0, 0.05) is 16.8 Å². The number of halogens is 4. The van der Waals surface area contributed by atoms with Crippen molar-refractivity contribution < 1.29 is 22.0 Å². The fraction of sp³-hybridized carbons (Fsp3) is 0.278. The Hall–Kier alpha value is -2.57. The quantitative estimate of drug-likeness (QED) is 0.597. The van der Waals surface area contributed by atoms with Gasteiger partial charge in [0.05, 0.1) is 12.0 Å². The van der Waals surface area contributed by atoms with Crippen molar-refractivity contribution in [2.75, 3.05) is 0 Å². The lowest BCUT2D eigenvalue weighted by molar-refractivity contribution is -0.142. The van der Waals surface area contributed by atoms with Crippen LogP contribution in [0.2, 0.25) is 0 Å². The van der Waals surface area contributed by atoms with E-state index in [2.05, 4.69) is 5.10 Å². The lowest BCUT2D eigenvalue weighted by Gasteiger charge is -2.16. The van der Waals surface area contributed by atoms with Crippen molar-refractivity contribution >= 4 is 0 Å². The summed E-state index contributed by atoms with van der Waals surface area (Å²) in [5.74, 6) is -0.115. The molecule has 130 valence electrons. The molecule has 7 heteroatoms. The van der Waals surface area contributed by atoms with Crippen LogP contribution in [0, 0.1) is 5.82 Å². The van der Waals surface area contributed by atoms with E-state index in [-0.39, 0.29) is 5.56 Å². The first-order valence-corrected chi connectivity index (χ1v) is 7.97. The highest BCUT2D eigenvalue weighted by Crippen LogP contribution is 2.38. The highest BCUT2D eigenvalue weighted by molar-refractivity contribution is 5.69. The Morgan fingerprint density at radius 2 is 1.88 bits per heavy atom. The standard InChI is InChI=1S/C18H14F4N2O/c19-11-7-8-15(13(10-11)16-6-3-9-25-16)24-14-5-2-1-4-12(14)17(23-24)18(20,21)22/h3,6-10H,1-2,4-5H2. The number of hydrogen-bond donors (Lipinski definition) is 0. The highest BCUT2D eigenvalue weighted by atomic mass is 19.4. The van der Waals surface area contributed by atoms with Gasteiger partial charge < -0.3 is 4.42 Å². The van der Waals surface area contributed by atoms with Crippen LogP contribution in [0.15, 0.2) is 41.0 Å². The van der Waals surface area contributed by atoms with Crippen LogP contribution in [0.4, 0.5) is 17.6 Å². The van der Waals surface area contributed by atoms with Gasteiger partial charge in [0.1, 0.15) is 11.6 Å². The predicted octanol–water partition coefficient (Wildman–Crippen LogP) is 5.17. The second kappa shape index (κ2) is 5.75. The van der Waals surface area contributed by atoms with Crippen molar-refractivity contribution in [3.63, 3.8) is 0 Å². The Kier molecular flexibility index (Phi) is 3.67. The smallest absolute Gasteiger partial charge is 0.435 e. The zero-order chi connectivity index (χ0) is 17.6. The molecule has 0 bridgehead atoms. The van der Waals surface area contributed by atoms with E-state index >= 15 is 0 Å². The Balaban J connectivity index is 1.96. The van der Waals surface area contributed by atoms with Crippen molar-refractivity contribution in [2.24, 2.45) is 0 Å². The molecule has 0 aliphatic heterocycles. The molecule has 1 aliphatic carbocycles. The van der Waals surface area contributed by atoms with Gasteiger partial charge in [-0.1, -0.05) is 0 Å². The van der Waals surface area contributed by atoms with E-state index in [1.807, 2.05) is 0 Å². The van der Waals surface area contributed by atoms with Crippen molar-refractivity contribution in [2.45, 2.75) is 31.9 Å². The predicted molar refractivity (Wildman–Crippen MR) is 82.9 cm³/mol. The van der Waals surface area contributed by atoms with E-state index in [1.165, 1.54) is 29.1 Å². The molecule has 25 heavy (non-hydrogen) atoms. The minimum Gasteiger partial charge on any atom is -0.464 e. The molecule has 1 aromatic carbocycles. The molecule has 0 N–H and O–H groups in total. The summed E-state index contributed by atoms with van der Waals surface area (Å²) in [6.07, 6.45) is -0.723. The first kappa shape index (κ1) is 15.9. The first-order valence-electron chi connectivity index (χ1n) is 7.97. The molecule has 0 saturated carbocycles. The highest BCUT2D eigenvalue weighted by Gasteiger charge is 2.40. The normalized spacial score (nSPS) is 14.6. The number of alkyl halides is 3. The van der Waals surface area contributed by atoms with Gasteiger partial charge in [-0.25, -0.2) is 9.07 Å². The average Bonchev–Trinajstić information content (AvgIpc) is 3.22. The molecular weight excluding hydrogens is 336 g/mol. The molecule has 4 rings (SSSR count). The van der Waals surface area contributed by atoms with Gasteiger partial charge in [0.25, 0.3) is 0 Å². The van der Waals surface area contributed by atoms with Crippen LogP contribution in [0.5, 0.6) is 0 Å². The van der Waals surface area contributed by atoms with Crippen LogP contribution in [0.25, 0.3) is 17.0 Å². The van der Waals surface area contributed by atoms with E-state index in [0.29, 0.717) is 42.0 Å². The van der Waals surface area contributed by atoms with Crippen molar-refractivity contribution in [1.82, 2.24) is 9.78 Å². The molecule has 0 atom stereocenters. The molecule has 0 spiro atoms. The molecule has 0 amide bonds. The molecule has 2 heterocycles. The second-order valence-corrected chi connectivity index (χ2v) is 6.03. The summed E-state index contributed by atoms with van der Waals surface area (Å²) in [4.78, 5) is 0. The lowest BCUT2D eigenvalue weighted by Crippen LogP contribution is -2.11. The number of aromatic nitrogens is 2.